The molecule has 0 amide bonds. The summed E-state index contributed by atoms with van der Waals surface area (Å²) in [5, 5.41) is 22.3. The van der Waals surface area contributed by atoms with Gasteiger partial charge in [0.05, 0.1) is 29.8 Å². The van der Waals surface area contributed by atoms with E-state index in [2.05, 4.69) is 22.4 Å². The van der Waals surface area contributed by atoms with Gasteiger partial charge in [0.15, 0.2) is 0 Å². The number of rotatable bonds is 6. The number of nitrogens with one attached hydrogen (secondary N) is 1. The maximum Gasteiger partial charge on any atom is 0.332 e. The third kappa shape index (κ3) is 4.78. The van der Waals surface area contributed by atoms with Crippen LogP contribution in [0.5, 0.6) is 0 Å². The van der Waals surface area contributed by atoms with Crippen LogP contribution in [-0.4, -0.2) is 28.3 Å². The Bertz CT molecular complexity index is 1390. The molecule has 0 unspecified atom stereocenters. The van der Waals surface area contributed by atoms with E-state index in [0.29, 0.717) is 30.0 Å². The third-order valence-corrected chi connectivity index (χ3v) is 6.31. The van der Waals surface area contributed by atoms with Crippen LogP contribution in [-0.2, 0) is 20.1 Å². The van der Waals surface area contributed by atoms with Gasteiger partial charge in [0, 0.05) is 38.8 Å². The Balaban J connectivity index is 1.61. The minimum absolute atomic E-state index is 0.138. The van der Waals surface area contributed by atoms with Crippen molar-refractivity contribution in [1.82, 2.24) is 14.5 Å². The summed E-state index contributed by atoms with van der Waals surface area (Å²) in [5.74, 6) is 0.560. The van der Waals surface area contributed by atoms with Gasteiger partial charge >= 0.3 is 5.69 Å². The molecule has 8 nitrogen and oxygen atoms in total. The zero-order chi connectivity index (χ0) is 24.1. The van der Waals surface area contributed by atoms with Crippen LogP contribution in [0.2, 0.25) is 0 Å². The second-order valence-corrected chi connectivity index (χ2v) is 8.47. The zero-order valence-electron chi connectivity index (χ0n) is 19.1. The number of hydrogen-bond acceptors (Lipinski definition) is 6. The van der Waals surface area contributed by atoms with Crippen molar-refractivity contribution in [3.63, 3.8) is 0 Å². The monoisotopic (exact) mass is 454 g/mol. The third-order valence-electron chi connectivity index (χ3n) is 6.31. The van der Waals surface area contributed by atoms with Crippen LogP contribution in [0.1, 0.15) is 35.1 Å². The number of anilines is 1. The van der Waals surface area contributed by atoms with Crippen LogP contribution < -0.4 is 21.5 Å². The van der Waals surface area contributed by atoms with Crippen LogP contribution in [0, 0.1) is 22.7 Å². The number of nitrogens with zero attached hydrogens (tertiary/aromatic N) is 5. The molecule has 4 rings (SSSR count). The number of benzene rings is 2. The van der Waals surface area contributed by atoms with Crippen molar-refractivity contribution >= 4 is 5.82 Å². The van der Waals surface area contributed by atoms with Gasteiger partial charge in [-0.25, -0.2) is 4.79 Å². The summed E-state index contributed by atoms with van der Waals surface area (Å²) in [7, 11) is 1.47. The quantitative estimate of drug-likeness (QED) is 0.611. The molecule has 1 N–H and O–H groups in total. The Morgan fingerprint density at radius 2 is 1.65 bits per heavy atom. The molecule has 172 valence electrons. The van der Waals surface area contributed by atoms with E-state index in [1.54, 1.807) is 16.7 Å². The number of hydrogen-bond donors (Lipinski definition) is 1. The first-order chi connectivity index (χ1) is 16.5. The molecule has 1 saturated heterocycles. The Labute approximate surface area is 197 Å². The van der Waals surface area contributed by atoms with Crippen molar-refractivity contribution in [3.8, 4) is 12.1 Å². The van der Waals surface area contributed by atoms with Gasteiger partial charge in [0.25, 0.3) is 5.56 Å². The standard InChI is InChI=1S/C26H26N6O2/c1-30-25(33)13-24(32(26(30)34)17-22-10-5-3-8-20(22)15-28)31-12-6-11-23(18-31)29-16-21-9-4-2-7-19(21)14-27/h2-5,7-10,13,23,29H,6,11-12,16-18H2,1H3/t23-/m1/s1. The first-order valence-electron chi connectivity index (χ1n) is 11.3. The van der Waals surface area contributed by atoms with Crippen LogP contribution >= 0.6 is 0 Å². The van der Waals surface area contributed by atoms with Crippen LogP contribution in [0.3, 0.4) is 0 Å². The molecule has 0 saturated carbocycles. The lowest BCUT2D eigenvalue weighted by atomic mass is 10.0. The summed E-state index contributed by atoms with van der Waals surface area (Å²) in [6.07, 6.45) is 1.85. The lowest BCUT2D eigenvalue weighted by Gasteiger charge is -2.36. The van der Waals surface area contributed by atoms with Gasteiger partial charge in [-0.1, -0.05) is 36.4 Å². The van der Waals surface area contributed by atoms with Crippen molar-refractivity contribution in [2.24, 2.45) is 7.05 Å². The highest BCUT2D eigenvalue weighted by molar-refractivity contribution is 5.43. The van der Waals surface area contributed by atoms with E-state index in [-0.39, 0.29) is 18.1 Å². The fourth-order valence-electron chi connectivity index (χ4n) is 4.40. The number of piperidine rings is 1. The van der Waals surface area contributed by atoms with Crippen LogP contribution in [0.25, 0.3) is 0 Å². The van der Waals surface area contributed by atoms with E-state index in [1.165, 1.54) is 13.1 Å². The maximum absolute atomic E-state index is 13.1. The van der Waals surface area contributed by atoms with Gasteiger partial charge in [0.2, 0.25) is 0 Å². The van der Waals surface area contributed by atoms with Crippen molar-refractivity contribution in [1.29, 1.82) is 10.5 Å². The Kier molecular flexibility index (Phi) is 6.91. The summed E-state index contributed by atoms with van der Waals surface area (Å²) in [6.45, 7) is 2.12. The van der Waals surface area contributed by atoms with Crippen molar-refractivity contribution in [3.05, 3.63) is 97.7 Å². The number of nitriles is 2. The van der Waals surface area contributed by atoms with E-state index in [9.17, 15) is 20.1 Å². The molecule has 1 aliphatic rings. The summed E-state index contributed by atoms with van der Waals surface area (Å²) in [6, 6.07) is 20.7. The van der Waals surface area contributed by atoms with E-state index in [4.69, 9.17) is 0 Å². The molecule has 1 atom stereocenters. The molecule has 8 heteroatoms. The molecule has 3 aromatic rings. The fraction of sp³-hybridized carbons (Fsp3) is 0.308. The highest BCUT2D eigenvalue weighted by atomic mass is 16.2. The Morgan fingerprint density at radius 1 is 1.00 bits per heavy atom. The minimum atomic E-state index is -0.409. The number of aromatic nitrogens is 2. The highest BCUT2D eigenvalue weighted by Crippen LogP contribution is 2.20. The van der Waals surface area contributed by atoms with E-state index < -0.39 is 5.69 Å². The highest BCUT2D eigenvalue weighted by Gasteiger charge is 2.24. The maximum atomic E-state index is 13.1. The van der Waals surface area contributed by atoms with Crippen LogP contribution in [0.15, 0.2) is 64.2 Å². The molecule has 1 fully saturated rings. The lowest BCUT2D eigenvalue weighted by Crippen LogP contribution is -2.49. The molecule has 0 radical (unpaired) electrons. The van der Waals surface area contributed by atoms with Gasteiger partial charge < -0.3 is 10.2 Å². The second-order valence-electron chi connectivity index (χ2n) is 8.47. The predicted octanol–water partition coefficient (Wildman–Crippen LogP) is 2.10. The van der Waals surface area contributed by atoms with Gasteiger partial charge in [-0.3, -0.25) is 13.9 Å². The average molecular weight is 455 g/mol. The minimum Gasteiger partial charge on any atom is -0.356 e. The van der Waals surface area contributed by atoms with E-state index >= 15 is 0 Å². The SMILES string of the molecule is Cn1c(=O)cc(N2CCC[C@@H](NCc3ccccc3C#N)C2)n(Cc2ccccc2C#N)c1=O. The zero-order valence-corrected chi connectivity index (χ0v) is 19.1. The molecule has 2 aromatic carbocycles. The summed E-state index contributed by atoms with van der Waals surface area (Å²) in [5.41, 5.74) is 2.06. The smallest absolute Gasteiger partial charge is 0.332 e. The predicted molar refractivity (Wildman–Crippen MR) is 129 cm³/mol. The molecule has 0 spiro atoms. The molecular weight excluding hydrogens is 428 g/mol. The molecule has 0 aliphatic carbocycles. The van der Waals surface area contributed by atoms with Gasteiger partial charge in [-0.2, -0.15) is 10.5 Å². The molecule has 1 aromatic heterocycles. The fourth-order valence-corrected chi connectivity index (χ4v) is 4.40. The van der Waals surface area contributed by atoms with Gasteiger partial charge in [-0.05, 0) is 36.1 Å². The molecule has 1 aliphatic heterocycles. The van der Waals surface area contributed by atoms with E-state index in [1.807, 2.05) is 36.4 Å². The molecule has 2 heterocycles. The normalized spacial score (nSPS) is 15.5. The van der Waals surface area contributed by atoms with Gasteiger partial charge in [-0.15, -0.1) is 0 Å². The van der Waals surface area contributed by atoms with Crippen molar-refractivity contribution < 1.29 is 0 Å². The van der Waals surface area contributed by atoms with Crippen LogP contribution in [0.4, 0.5) is 5.82 Å². The Hall–Kier alpha value is -4.14. The molecule has 34 heavy (non-hydrogen) atoms. The molecule has 0 bridgehead atoms. The van der Waals surface area contributed by atoms with Crippen molar-refractivity contribution in [2.75, 3.05) is 18.0 Å². The van der Waals surface area contributed by atoms with Crippen molar-refractivity contribution in [2.45, 2.75) is 32.0 Å². The summed E-state index contributed by atoms with van der Waals surface area (Å²) < 4.78 is 2.67. The summed E-state index contributed by atoms with van der Waals surface area (Å²) >= 11 is 0. The first kappa shape index (κ1) is 23.0. The second kappa shape index (κ2) is 10.2. The van der Waals surface area contributed by atoms with E-state index in [0.717, 1.165) is 35.1 Å². The topological polar surface area (TPSA) is 107 Å². The molecular formula is C26H26N6O2. The lowest BCUT2D eigenvalue weighted by molar-refractivity contribution is 0.415. The largest absolute Gasteiger partial charge is 0.356 e. The Morgan fingerprint density at radius 3 is 2.35 bits per heavy atom. The van der Waals surface area contributed by atoms with Gasteiger partial charge in [0.1, 0.15) is 5.82 Å². The first-order valence-corrected chi connectivity index (χ1v) is 11.3. The summed E-state index contributed by atoms with van der Waals surface area (Å²) in [4.78, 5) is 27.7. The average Bonchev–Trinajstić information content (AvgIpc) is 2.88.